The van der Waals surface area contributed by atoms with Crippen LogP contribution in [0.3, 0.4) is 0 Å². The smallest absolute Gasteiger partial charge is 0.288 e. The highest BCUT2D eigenvalue weighted by Crippen LogP contribution is 2.18. The number of likely N-dealkylation sites (N-methyl/N-ethyl adjacent to an activating group) is 1. The summed E-state index contributed by atoms with van der Waals surface area (Å²) in [6.07, 6.45) is 0. The molecule has 0 aliphatic heterocycles. The summed E-state index contributed by atoms with van der Waals surface area (Å²) in [6, 6.07) is 0.930. The zero-order valence-corrected chi connectivity index (χ0v) is 14.4. The van der Waals surface area contributed by atoms with Gasteiger partial charge in [-0.3, -0.25) is 19.2 Å². The molecule has 1 heterocycles. The molecule has 1 atom stereocenters. The lowest BCUT2D eigenvalue weighted by Gasteiger charge is -2.21. The number of thiophene rings is 1. The lowest BCUT2D eigenvalue weighted by Crippen LogP contribution is -2.45. The second kappa shape index (κ2) is 8.42. The molecule has 126 valence electrons. The second-order valence-corrected chi connectivity index (χ2v) is 6.27. The second-order valence-electron chi connectivity index (χ2n) is 5.49. The standard InChI is InChI=1S/C15H21N3O4S/c1-9(2)13(20)14(21)16-7-11(19)17-12(15(22)18(3)4)10-5-6-23-8-10/h5-6,8-9,12H,7H2,1-4H3,(H,16,21)(H,17,19)/t12-/m0/s1. The van der Waals surface area contributed by atoms with Gasteiger partial charge in [0.25, 0.3) is 5.91 Å². The Hall–Kier alpha value is -2.22. The summed E-state index contributed by atoms with van der Waals surface area (Å²) in [5, 5.41) is 8.41. The first-order valence-electron chi connectivity index (χ1n) is 7.08. The minimum Gasteiger partial charge on any atom is -0.347 e. The summed E-state index contributed by atoms with van der Waals surface area (Å²) in [5.41, 5.74) is 0.673. The van der Waals surface area contributed by atoms with E-state index in [4.69, 9.17) is 0 Å². The van der Waals surface area contributed by atoms with Crippen LogP contribution < -0.4 is 10.6 Å². The van der Waals surface area contributed by atoms with Gasteiger partial charge < -0.3 is 15.5 Å². The van der Waals surface area contributed by atoms with Crippen molar-refractivity contribution in [2.75, 3.05) is 20.6 Å². The molecule has 2 N–H and O–H groups in total. The van der Waals surface area contributed by atoms with Crippen LogP contribution in [0, 0.1) is 5.92 Å². The molecule has 0 aliphatic rings. The summed E-state index contributed by atoms with van der Waals surface area (Å²) < 4.78 is 0. The van der Waals surface area contributed by atoms with Gasteiger partial charge in [-0.2, -0.15) is 11.3 Å². The van der Waals surface area contributed by atoms with Crippen LogP contribution in [0.2, 0.25) is 0 Å². The van der Waals surface area contributed by atoms with Gasteiger partial charge in [-0.1, -0.05) is 13.8 Å². The molecule has 7 nitrogen and oxygen atoms in total. The van der Waals surface area contributed by atoms with Gasteiger partial charge in [0, 0.05) is 20.0 Å². The Morgan fingerprint density at radius 3 is 2.35 bits per heavy atom. The molecule has 0 unspecified atom stereocenters. The average molecular weight is 339 g/mol. The van der Waals surface area contributed by atoms with Gasteiger partial charge in [-0.05, 0) is 22.4 Å². The van der Waals surface area contributed by atoms with Crippen molar-refractivity contribution in [3.63, 3.8) is 0 Å². The van der Waals surface area contributed by atoms with E-state index in [-0.39, 0.29) is 12.5 Å². The van der Waals surface area contributed by atoms with Crippen molar-refractivity contribution in [3.8, 4) is 0 Å². The lowest BCUT2D eigenvalue weighted by atomic mass is 10.1. The van der Waals surface area contributed by atoms with Gasteiger partial charge in [-0.15, -0.1) is 0 Å². The zero-order valence-electron chi connectivity index (χ0n) is 13.6. The van der Waals surface area contributed by atoms with E-state index in [1.165, 1.54) is 16.2 Å². The van der Waals surface area contributed by atoms with Crippen LogP contribution in [-0.2, 0) is 19.2 Å². The molecule has 0 fully saturated rings. The predicted molar refractivity (Wildman–Crippen MR) is 86.8 cm³/mol. The van der Waals surface area contributed by atoms with Crippen molar-refractivity contribution >= 4 is 34.8 Å². The topological polar surface area (TPSA) is 95.6 Å². The maximum atomic E-state index is 12.2. The number of hydrogen-bond donors (Lipinski definition) is 2. The molecular weight excluding hydrogens is 318 g/mol. The number of nitrogens with zero attached hydrogens (tertiary/aromatic N) is 1. The van der Waals surface area contributed by atoms with E-state index in [1.807, 2.05) is 0 Å². The summed E-state index contributed by atoms with van der Waals surface area (Å²) in [5.74, 6) is -2.65. The molecule has 0 aromatic carbocycles. The molecule has 1 rings (SSSR count). The minimum atomic E-state index is -0.818. The molecule has 0 aliphatic carbocycles. The van der Waals surface area contributed by atoms with E-state index in [0.717, 1.165) is 0 Å². The molecule has 23 heavy (non-hydrogen) atoms. The molecule has 1 aromatic rings. The monoisotopic (exact) mass is 339 g/mol. The van der Waals surface area contributed by atoms with Crippen LogP contribution in [-0.4, -0.2) is 49.0 Å². The first-order valence-corrected chi connectivity index (χ1v) is 8.03. The summed E-state index contributed by atoms with van der Waals surface area (Å²) in [7, 11) is 3.19. The van der Waals surface area contributed by atoms with Crippen molar-refractivity contribution in [2.45, 2.75) is 19.9 Å². The number of carbonyl (C=O) groups is 4. The summed E-state index contributed by atoms with van der Waals surface area (Å²) >= 11 is 1.41. The van der Waals surface area contributed by atoms with Crippen LogP contribution in [0.15, 0.2) is 16.8 Å². The molecule has 8 heteroatoms. The van der Waals surface area contributed by atoms with E-state index in [2.05, 4.69) is 10.6 Å². The van der Waals surface area contributed by atoms with Gasteiger partial charge in [0.05, 0.1) is 6.54 Å². The SMILES string of the molecule is CC(C)C(=O)C(=O)NCC(=O)N[C@H](C(=O)N(C)C)c1ccsc1. The molecule has 3 amide bonds. The van der Waals surface area contributed by atoms with Crippen molar-refractivity contribution in [2.24, 2.45) is 5.92 Å². The summed E-state index contributed by atoms with van der Waals surface area (Å²) in [6.45, 7) is 2.84. The van der Waals surface area contributed by atoms with E-state index < -0.39 is 29.6 Å². The number of amides is 3. The number of hydrogen-bond acceptors (Lipinski definition) is 5. The highest BCUT2D eigenvalue weighted by molar-refractivity contribution is 7.08. The van der Waals surface area contributed by atoms with Crippen molar-refractivity contribution in [1.29, 1.82) is 0 Å². The minimum absolute atomic E-state index is 0.277. The van der Waals surface area contributed by atoms with Crippen LogP contribution in [0.25, 0.3) is 0 Å². The number of nitrogens with one attached hydrogen (secondary N) is 2. The Morgan fingerprint density at radius 1 is 1.22 bits per heavy atom. The Morgan fingerprint density at radius 2 is 1.87 bits per heavy atom. The zero-order chi connectivity index (χ0) is 17.6. The molecule has 0 saturated heterocycles. The van der Waals surface area contributed by atoms with Gasteiger partial charge in [0.2, 0.25) is 17.6 Å². The van der Waals surface area contributed by atoms with Gasteiger partial charge in [-0.25, -0.2) is 0 Å². The predicted octanol–water partition coefficient (Wildman–Crippen LogP) is 0.335. The molecule has 0 radical (unpaired) electrons. The average Bonchev–Trinajstić information content (AvgIpc) is 3.02. The third-order valence-electron chi connectivity index (χ3n) is 3.03. The third-order valence-corrected chi connectivity index (χ3v) is 3.73. The van der Waals surface area contributed by atoms with Crippen LogP contribution in [0.5, 0.6) is 0 Å². The number of rotatable bonds is 7. The van der Waals surface area contributed by atoms with Crippen LogP contribution in [0.1, 0.15) is 25.5 Å². The molecule has 0 bridgehead atoms. The van der Waals surface area contributed by atoms with Gasteiger partial charge in [0.15, 0.2) is 0 Å². The number of carbonyl (C=O) groups excluding carboxylic acids is 4. The van der Waals surface area contributed by atoms with Gasteiger partial charge >= 0.3 is 0 Å². The first kappa shape index (κ1) is 18.8. The quantitative estimate of drug-likeness (QED) is 0.700. The van der Waals surface area contributed by atoms with E-state index >= 15 is 0 Å². The van der Waals surface area contributed by atoms with Crippen LogP contribution >= 0.6 is 11.3 Å². The first-order chi connectivity index (χ1) is 10.7. The van der Waals surface area contributed by atoms with Crippen molar-refractivity contribution < 1.29 is 19.2 Å². The fourth-order valence-corrected chi connectivity index (χ4v) is 2.39. The Labute approximate surface area is 139 Å². The van der Waals surface area contributed by atoms with Crippen molar-refractivity contribution in [3.05, 3.63) is 22.4 Å². The lowest BCUT2D eigenvalue weighted by molar-refractivity contribution is -0.140. The van der Waals surface area contributed by atoms with Gasteiger partial charge in [0.1, 0.15) is 6.04 Å². The molecular formula is C15H21N3O4S. The maximum absolute atomic E-state index is 12.2. The summed E-state index contributed by atoms with van der Waals surface area (Å²) in [4.78, 5) is 48.5. The highest BCUT2D eigenvalue weighted by Gasteiger charge is 2.25. The maximum Gasteiger partial charge on any atom is 0.288 e. The van der Waals surface area contributed by atoms with E-state index in [1.54, 1.807) is 44.8 Å². The number of ketones is 1. The highest BCUT2D eigenvalue weighted by atomic mass is 32.1. The fraction of sp³-hybridized carbons (Fsp3) is 0.467. The molecule has 0 saturated carbocycles. The van der Waals surface area contributed by atoms with E-state index in [9.17, 15) is 19.2 Å². The molecule has 0 spiro atoms. The largest absolute Gasteiger partial charge is 0.347 e. The fourth-order valence-electron chi connectivity index (χ4n) is 1.71. The van der Waals surface area contributed by atoms with Crippen molar-refractivity contribution in [1.82, 2.24) is 15.5 Å². The third kappa shape index (κ3) is 5.48. The molecule has 1 aromatic heterocycles. The number of Topliss-reactive ketones (excluding diaryl/α,β-unsaturated/α-hetero) is 1. The Balaban J connectivity index is 2.66. The Bertz CT molecular complexity index is 582. The Kier molecular flexibility index (Phi) is 6.89. The van der Waals surface area contributed by atoms with E-state index in [0.29, 0.717) is 5.56 Å². The normalized spacial score (nSPS) is 11.7. The van der Waals surface area contributed by atoms with Crippen LogP contribution in [0.4, 0.5) is 0 Å².